The molecule has 1 saturated heterocycles. The van der Waals surface area contributed by atoms with Gasteiger partial charge in [0, 0.05) is 5.57 Å². The number of carbonyl (C=O) groups excluding carboxylic acids is 1. The molecule has 1 fully saturated rings. The Hall–Kier alpha value is -2.11. The molecule has 0 radical (unpaired) electrons. The molecule has 0 unspecified atom stereocenters. The van der Waals surface area contributed by atoms with E-state index in [0.29, 0.717) is 12.2 Å². The van der Waals surface area contributed by atoms with Gasteiger partial charge in [-0.15, -0.1) is 5.73 Å². The monoisotopic (exact) mass is 389 g/mol. The number of aliphatic hydroxyl groups is 1. The summed E-state index contributed by atoms with van der Waals surface area (Å²) in [6.45, 7) is 13.3. The maximum atomic E-state index is 12.7. The lowest BCUT2D eigenvalue weighted by molar-refractivity contribution is -0.0668. The molecule has 0 bridgehead atoms. The molecule has 1 heterocycles. The molecule has 0 aromatic heterocycles. The van der Waals surface area contributed by atoms with Crippen LogP contribution in [-0.4, -0.2) is 52.8 Å². The number of nitrogens with zero attached hydrogens (tertiary/aromatic N) is 1. The van der Waals surface area contributed by atoms with E-state index in [9.17, 15) is 9.90 Å². The number of carbonyl (C=O) groups is 1. The van der Waals surface area contributed by atoms with Crippen molar-refractivity contribution < 1.29 is 24.1 Å². The van der Waals surface area contributed by atoms with Crippen molar-refractivity contribution >= 4 is 6.09 Å². The average molecular weight is 389 g/mol. The number of hydrogen-bond donors (Lipinski definition) is 1. The fraction of sp³-hybridized carbons (Fsp3) is 0.545. The molecule has 0 saturated carbocycles. The minimum Gasteiger partial charge on any atom is -0.444 e. The molecule has 1 aliphatic heterocycles. The van der Waals surface area contributed by atoms with Crippen molar-refractivity contribution in [3.63, 3.8) is 0 Å². The molecule has 1 amide bonds. The fourth-order valence-electron chi connectivity index (χ4n) is 3.06. The number of hydrogen-bond acceptors (Lipinski definition) is 5. The highest BCUT2D eigenvalue weighted by molar-refractivity contribution is 5.70. The van der Waals surface area contributed by atoms with Crippen molar-refractivity contribution in [2.24, 2.45) is 0 Å². The zero-order chi connectivity index (χ0) is 20.9. The van der Waals surface area contributed by atoms with E-state index < -0.39 is 29.6 Å². The van der Waals surface area contributed by atoms with Crippen LogP contribution in [0, 0.1) is 0 Å². The Kier molecular flexibility index (Phi) is 7.07. The van der Waals surface area contributed by atoms with Crippen LogP contribution in [0.3, 0.4) is 0 Å². The van der Waals surface area contributed by atoms with Crippen LogP contribution < -0.4 is 0 Å². The van der Waals surface area contributed by atoms with Crippen molar-refractivity contribution in [1.29, 1.82) is 0 Å². The SMILES string of the molecule is C=C=C(COCc1ccccc1)[C@H](O)[C@@H]1COC(C)(C)N1C(=O)OC(C)(C)C. The van der Waals surface area contributed by atoms with Gasteiger partial charge >= 0.3 is 6.09 Å². The second kappa shape index (κ2) is 8.93. The first-order valence-corrected chi connectivity index (χ1v) is 9.40. The summed E-state index contributed by atoms with van der Waals surface area (Å²) < 4.78 is 17.0. The summed E-state index contributed by atoms with van der Waals surface area (Å²) in [6.07, 6.45) is -1.56. The van der Waals surface area contributed by atoms with Gasteiger partial charge < -0.3 is 19.3 Å². The molecule has 28 heavy (non-hydrogen) atoms. The minimum absolute atomic E-state index is 0.151. The van der Waals surface area contributed by atoms with Crippen molar-refractivity contribution in [2.75, 3.05) is 13.2 Å². The first kappa shape index (κ1) is 22.2. The van der Waals surface area contributed by atoms with Crippen LogP contribution in [0.4, 0.5) is 4.79 Å². The Morgan fingerprint density at radius 3 is 2.61 bits per heavy atom. The van der Waals surface area contributed by atoms with Gasteiger partial charge in [0.25, 0.3) is 0 Å². The predicted octanol–water partition coefficient (Wildman–Crippen LogP) is 3.65. The quantitative estimate of drug-likeness (QED) is 0.752. The lowest BCUT2D eigenvalue weighted by atomic mass is 10.0. The lowest BCUT2D eigenvalue weighted by Gasteiger charge is -2.36. The number of rotatable bonds is 6. The van der Waals surface area contributed by atoms with E-state index in [0.717, 1.165) is 5.56 Å². The molecule has 6 nitrogen and oxygen atoms in total. The highest BCUT2D eigenvalue weighted by atomic mass is 16.6. The van der Waals surface area contributed by atoms with Crippen LogP contribution >= 0.6 is 0 Å². The Morgan fingerprint density at radius 1 is 1.39 bits per heavy atom. The van der Waals surface area contributed by atoms with Gasteiger partial charge in [0.05, 0.1) is 25.9 Å². The summed E-state index contributed by atoms with van der Waals surface area (Å²) in [5.74, 6) is 0. The first-order chi connectivity index (χ1) is 13.0. The molecule has 2 rings (SSSR count). The van der Waals surface area contributed by atoms with E-state index in [1.807, 2.05) is 30.3 Å². The predicted molar refractivity (Wildman–Crippen MR) is 107 cm³/mol. The average Bonchev–Trinajstić information content (AvgIpc) is 2.93. The summed E-state index contributed by atoms with van der Waals surface area (Å²) in [5, 5.41) is 10.9. The third-order valence-electron chi connectivity index (χ3n) is 4.43. The zero-order valence-corrected chi connectivity index (χ0v) is 17.4. The van der Waals surface area contributed by atoms with Crippen LogP contribution in [0.1, 0.15) is 40.2 Å². The normalized spacial score (nSPS) is 19.8. The van der Waals surface area contributed by atoms with Crippen LogP contribution in [0.5, 0.6) is 0 Å². The molecule has 0 spiro atoms. The highest BCUT2D eigenvalue weighted by Gasteiger charge is 2.49. The molecular weight excluding hydrogens is 358 g/mol. The fourth-order valence-corrected chi connectivity index (χ4v) is 3.06. The first-order valence-electron chi connectivity index (χ1n) is 9.40. The number of benzene rings is 1. The molecular formula is C22H31NO5. The topological polar surface area (TPSA) is 68.2 Å². The molecule has 1 aromatic carbocycles. The van der Waals surface area contributed by atoms with Crippen LogP contribution in [0.15, 0.2) is 48.2 Å². The van der Waals surface area contributed by atoms with Crippen molar-refractivity contribution in [3.8, 4) is 0 Å². The van der Waals surface area contributed by atoms with Crippen molar-refractivity contribution in [3.05, 3.63) is 53.8 Å². The Morgan fingerprint density at radius 2 is 2.04 bits per heavy atom. The standard InChI is InChI=1S/C22H31NO5/c1-7-17(14-26-13-16-11-9-8-10-12-16)19(24)18-15-27-22(5,6)23(18)20(25)28-21(2,3)4/h8-12,18-19,24H,1,13-15H2,2-6H3/t18-,19-/m0/s1. The van der Waals surface area contributed by atoms with Crippen molar-refractivity contribution in [2.45, 2.75) is 64.7 Å². The zero-order valence-electron chi connectivity index (χ0n) is 17.4. The van der Waals surface area contributed by atoms with Crippen LogP contribution in [-0.2, 0) is 20.8 Å². The molecule has 1 aromatic rings. The van der Waals surface area contributed by atoms with Crippen LogP contribution in [0.2, 0.25) is 0 Å². The summed E-state index contributed by atoms with van der Waals surface area (Å²) in [6, 6.07) is 9.13. The summed E-state index contributed by atoms with van der Waals surface area (Å²) >= 11 is 0. The van der Waals surface area contributed by atoms with E-state index >= 15 is 0 Å². The van der Waals surface area contributed by atoms with E-state index in [1.165, 1.54) is 4.90 Å². The summed E-state index contributed by atoms with van der Waals surface area (Å²) in [5.41, 5.74) is 2.71. The largest absolute Gasteiger partial charge is 0.444 e. The third kappa shape index (κ3) is 5.69. The van der Waals surface area contributed by atoms with Gasteiger partial charge in [-0.2, -0.15) is 0 Å². The number of amides is 1. The van der Waals surface area contributed by atoms with Gasteiger partial charge in [-0.3, -0.25) is 4.90 Å². The summed E-state index contributed by atoms with van der Waals surface area (Å²) in [4.78, 5) is 14.2. The molecule has 6 heteroatoms. The second-order valence-corrected chi connectivity index (χ2v) is 8.30. The Labute approximate surface area is 167 Å². The van der Waals surface area contributed by atoms with Gasteiger partial charge in [-0.1, -0.05) is 36.9 Å². The van der Waals surface area contributed by atoms with E-state index in [1.54, 1.807) is 34.6 Å². The Balaban J connectivity index is 2.07. The minimum atomic E-state index is -1.03. The highest BCUT2D eigenvalue weighted by Crippen LogP contribution is 2.32. The van der Waals surface area contributed by atoms with Gasteiger partial charge in [0.15, 0.2) is 0 Å². The Bertz CT molecular complexity index is 716. The number of ether oxygens (including phenoxy) is 3. The molecule has 1 N–H and O–H groups in total. The molecule has 2 atom stereocenters. The van der Waals surface area contributed by atoms with Gasteiger partial charge in [0.1, 0.15) is 17.4 Å². The van der Waals surface area contributed by atoms with E-state index in [4.69, 9.17) is 14.2 Å². The maximum Gasteiger partial charge on any atom is 0.413 e. The van der Waals surface area contributed by atoms with Gasteiger partial charge in [-0.25, -0.2) is 4.79 Å². The smallest absolute Gasteiger partial charge is 0.413 e. The second-order valence-electron chi connectivity index (χ2n) is 8.30. The lowest BCUT2D eigenvalue weighted by Crippen LogP contribution is -2.53. The van der Waals surface area contributed by atoms with Gasteiger partial charge in [0.2, 0.25) is 0 Å². The number of aliphatic hydroxyl groups excluding tert-OH is 1. The van der Waals surface area contributed by atoms with Gasteiger partial charge in [-0.05, 0) is 40.2 Å². The maximum absolute atomic E-state index is 12.7. The molecule has 154 valence electrons. The van der Waals surface area contributed by atoms with Crippen LogP contribution in [0.25, 0.3) is 0 Å². The third-order valence-corrected chi connectivity index (χ3v) is 4.43. The molecule has 1 aliphatic rings. The summed E-state index contributed by atoms with van der Waals surface area (Å²) in [7, 11) is 0. The van der Waals surface area contributed by atoms with E-state index in [-0.39, 0.29) is 13.2 Å². The van der Waals surface area contributed by atoms with E-state index in [2.05, 4.69) is 12.3 Å². The molecule has 0 aliphatic carbocycles. The van der Waals surface area contributed by atoms with Crippen molar-refractivity contribution in [1.82, 2.24) is 4.90 Å².